The van der Waals surface area contributed by atoms with E-state index in [0.717, 1.165) is 5.56 Å². The van der Waals surface area contributed by atoms with E-state index < -0.39 is 5.91 Å². The Kier molecular flexibility index (Phi) is 5.18. The number of ether oxygens (including phenoxy) is 2. The van der Waals surface area contributed by atoms with E-state index in [0.29, 0.717) is 18.0 Å². The van der Waals surface area contributed by atoms with Crippen molar-refractivity contribution in [1.82, 2.24) is 4.90 Å². The van der Waals surface area contributed by atoms with Crippen LogP contribution in [0.5, 0.6) is 11.5 Å². The normalized spacial score (nSPS) is 21.0. The van der Waals surface area contributed by atoms with Crippen LogP contribution in [0.1, 0.15) is 24.3 Å². The Hall–Kier alpha value is -1.89. The molecule has 2 N–H and O–H groups in total. The molecule has 1 aromatic rings. The average Bonchev–Trinajstić information content (AvgIpc) is 2.79. The Morgan fingerprint density at radius 2 is 2.00 bits per heavy atom. The Morgan fingerprint density at radius 3 is 2.59 bits per heavy atom. The number of nitrogens with zero attached hydrogens (tertiary/aromatic N) is 1. The van der Waals surface area contributed by atoms with Gasteiger partial charge in [-0.25, -0.2) is 0 Å². The van der Waals surface area contributed by atoms with Gasteiger partial charge in [0.2, 0.25) is 11.8 Å². The fourth-order valence-corrected chi connectivity index (χ4v) is 3.70. The summed E-state index contributed by atoms with van der Waals surface area (Å²) in [7, 11) is 3.15. The number of rotatable bonds is 6. The molecule has 2 unspecified atom stereocenters. The van der Waals surface area contributed by atoms with Gasteiger partial charge in [0.05, 0.1) is 19.5 Å². The first-order valence-corrected chi connectivity index (χ1v) is 7.88. The molecule has 22 heavy (non-hydrogen) atoms. The zero-order valence-electron chi connectivity index (χ0n) is 12.9. The number of methoxy groups -OCH3 is 2. The van der Waals surface area contributed by atoms with Crippen molar-refractivity contribution in [3.8, 4) is 11.5 Å². The highest BCUT2D eigenvalue weighted by Gasteiger charge is 2.38. The van der Waals surface area contributed by atoms with Gasteiger partial charge in [0.15, 0.2) is 11.5 Å². The molecule has 2 rings (SSSR count). The van der Waals surface area contributed by atoms with Gasteiger partial charge < -0.3 is 20.1 Å². The summed E-state index contributed by atoms with van der Waals surface area (Å²) in [6.07, 6.45) is 0.156. The minimum Gasteiger partial charge on any atom is -0.493 e. The SMILES string of the molecule is COc1ccc(C2SC(C)C(=O)N2CCC(N)=O)cc1OC. The highest BCUT2D eigenvalue weighted by Crippen LogP contribution is 2.44. The Bertz CT molecular complexity index is 579. The summed E-state index contributed by atoms with van der Waals surface area (Å²) in [5, 5.41) is -0.298. The second-order valence-electron chi connectivity index (χ2n) is 4.99. The number of hydrogen-bond donors (Lipinski definition) is 1. The van der Waals surface area contributed by atoms with Gasteiger partial charge in [-0.05, 0) is 24.6 Å². The quantitative estimate of drug-likeness (QED) is 0.858. The van der Waals surface area contributed by atoms with Gasteiger partial charge in [-0.2, -0.15) is 0 Å². The topological polar surface area (TPSA) is 81.9 Å². The average molecular weight is 324 g/mol. The Labute approximate surface area is 133 Å². The molecule has 2 amide bonds. The van der Waals surface area contributed by atoms with E-state index in [1.165, 1.54) is 0 Å². The van der Waals surface area contributed by atoms with Crippen molar-refractivity contribution in [2.24, 2.45) is 5.73 Å². The van der Waals surface area contributed by atoms with E-state index >= 15 is 0 Å². The first-order valence-electron chi connectivity index (χ1n) is 6.94. The van der Waals surface area contributed by atoms with E-state index in [1.54, 1.807) is 30.9 Å². The van der Waals surface area contributed by atoms with E-state index in [9.17, 15) is 9.59 Å². The van der Waals surface area contributed by atoms with Crippen molar-refractivity contribution in [2.45, 2.75) is 24.0 Å². The number of primary amides is 1. The number of nitrogens with two attached hydrogens (primary N) is 1. The molecule has 7 heteroatoms. The van der Waals surface area contributed by atoms with Crippen LogP contribution >= 0.6 is 11.8 Å². The van der Waals surface area contributed by atoms with Crippen molar-refractivity contribution in [3.05, 3.63) is 23.8 Å². The molecule has 1 saturated heterocycles. The van der Waals surface area contributed by atoms with Crippen LogP contribution in [0.2, 0.25) is 0 Å². The zero-order chi connectivity index (χ0) is 16.3. The summed E-state index contributed by atoms with van der Waals surface area (Å²) < 4.78 is 10.5. The number of benzene rings is 1. The second kappa shape index (κ2) is 6.91. The third-order valence-corrected chi connectivity index (χ3v) is 4.93. The lowest BCUT2D eigenvalue weighted by molar-refractivity contribution is -0.130. The summed E-state index contributed by atoms with van der Waals surface area (Å²) in [5.74, 6) is 0.856. The number of carbonyl (C=O) groups excluding carboxylic acids is 2. The van der Waals surface area contributed by atoms with Crippen molar-refractivity contribution in [1.29, 1.82) is 0 Å². The molecule has 0 saturated carbocycles. The van der Waals surface area contributed by atoms with Gasteiger partial charge in [0, 0.05) is 13.0 Å². The highest BCUT2D eigenvalue weighted by atomic mass is 32.2. The summed E-state index contributed by atoms with van der Waals surface area (Å²) in [6, 6.07) is 5.58. The predicted octanol–water partition coefficient (Wildman–Crippen LogP) is 1.54. The molecule has 1 aromatic carbocycles. The Morgan fingerprint density at radius 1 is 1.32 bits per heavy atom. The zero-order valence-corrected chi connectivity index (χ0v) is 13.7. The molecule has 1 heterocycles. The third-order valence-electron chi connectivity index (χ3n) is 3.54. The number of hydrogen-bond acceptors (Lipinski definition) is 5. The van der Waals surface area contributed by atoms with Gasteiger partial charge in [-0.1, -0.05) is 6.07 Å². The van der Waals surface area contributed by atoms with Gasteiger partial charge in [-0.3, -0.25) is 9.59 Å². The van der Waals surface area contributed by atoms with E-state index in [2.05, 4.69) is 0 Å². The lowest BCUT2D eigenvalue weighted by atomic mass is 10.1. The van der Waals surface area contributed by atoms with Crippen LogP contribution in [-0.2, 0) is 9.59 Å². The fraction of sp³-hybridized carbons (Fsp3) is 0.467. The number of carbonyl (C=O) groups is 2. The first-order chi connectivity index (χ1) is 10.5. The molecule has 1 fully saturated rings. The molecule has 0 radical (unpaired) electrons. The highest BCUT2D eigenvalue weighted by molar-refractivity contribution is 8.01. The second-order valence-corrected chi connectivity index (χ2v) is 6.42. The summed E-state index contributed by atoms with van der Waals surface area (Å²) >= 11 is 1.55. The van der Waals surface area contributed by atoms with E-state index in [-0.39, 0.29) is 23.0 Å². The minimum absolute atomic E-state index is 0.0195. The number of amides is 2. The molecule has 2 atom stereocenters. The van der Waals surface area contributed by atoms with Crippen LogP contribution < -0.4 is 15.2 Å². The third kappa shape index (κ3) is 3.30. The maximum absolute atomic E-state index is 12.3. The largest absolute Gasteiger partial charge is 0.493 e. The maximum Gasteiger partial charge on any atom is 0.236 e. The van der Waals surface area contributed by atoms with Crippen LogP contribution in [0.15, 0.2) is 18.2 Å². The van der Waals surface area contributed by atoms with Crippen molar-refractivity contribution in [3.63, 3.8) is 0 Å². The van der Waals surface area contributed by atoms with Crippen LogP contribution in [0.25, 0.3) is 0 Å². The molecule has 0 bridgehead atoms. The smallest absolute Gasteiger partial charge is 0.236 e. The number of thioether (sulfide) groups is 1. The van der Waals surface area contributed by atoms with Gasteiger partial charge in [-0.15, -0.1) is 11.8 Å². The minimum atomic E-state index is -0.414. The van der Waals surface area contributed by atoms with Crippen molar-refractivity contribution in [2.75, 3.05) is 20.8 Å². The van der Waals surface area contributed by atoms with E-state index in [1.807, 2.05) is 25.1 Å². The summed E-state index contributed by atoms with van der Waals surface area (Å²) in [4.78, 5) is 25.0. The van der Waals surface area contributed by atoms with Crippen LogP contribution in [0.4, 0.5) is 0 Å². The van der Waals surface area contributed by atoms with Gasteiger partial charge in [0.25, 0.3) is 0 Å². The fourth-order valence-electron chi connectivity index (χ4n) is 2.40. The molecule has 120 valence electrons. The van der Waals surface area contributed by atoms with Crippen LogP contribution in [-0.4, -0.2) is 42.7 Å². The van der Waals surface area contributed by atoms with Crippen LogP contribution in [0, 0.1) is 0 Å². The molecule has 6 nitrogen and oxygen atoms in total. The van der Waals surface area contributed by atoms with Crippen molar-refractivity contribution < 1.29 is 19.1 Å². The van der Waals surface area contributed by atoms with Crippen LogP contribution in [0.3, 0.4) is 0 Å². The molecule has 1 aliphatic rings. The van der Waals surface area contributed by atoms with Crippen molar-refractivity contribution >= 4 is 23.6 Å². The Balaban J connectivity index is 2.28. The molecular weight excluding hydrogens is 304 g/mol. The maximum atomic E-state index is 12.3. The monoisotopic (exact) mass is 324 g/mol. The molecule has 0 spiro atoms. The molecule has 1 aliphatic heterocycles. The van der Waals surface area contributed by atoms with Gasteiger partial charge in [0.1, 0.15) is 5.37 Å². The van der Waals surface area contributed by atoms with E-state index in [4.69, 9.17) is 15.2 Å². The first kappa shape index (κ1) is 16.5. The van der Waals surface area contributed by atoms with Gasteiger partial charge >= 0.3 is 0 Å². The summed E-state index contributed by atoms with van der Waals surface area (Å²) in [6.45, 7) is 2.19. The standard InChI is InChI=1S/C15H20N2O4S/c1-9-14(19)17(7-6-13(16)18)15(22-9)10-4-5-11(20-2)12(8-10)21-3/h4-5,8-9,15H,6-7H2,1-3H3,(H2,16,18). The summed E-state index contributed by atoms with van der Waals surface area (Å²) in [5.41, 5.74) is 6.13. The molecule has 0 aromatic heterocycles. The predicted molar refractivity (Wildman–Crippen MR) is 84.9 cm³/mol. The lowest BCUT2D eigenvalue weighted by Crippen LogP contribution is -2.33. The molecular formula is C15H20N2O4S. The molecule has 0 aliphatic carbocycles. The lowest BCUT2D eigenvalue weighted by Gasteiger charge is -2.24.